The van der Waals surface area contributed by atoms with E-state index < -0.39 is 0 Å². The van der Waals surface area contributed by atoms with Crippen LogP contribution in [0, 0.1) is 6.92 Å². The first-order valence-electron chi connectivity index (χ1n) is 8.49. The van der Waals surface area contributed by atoms with Crippen LogP contribution in [0.15, 0.2) is 24.5 Å². The van der Waals surface area contributed by atoms with Gasteiger partial charge in [0.05, 0.1) is 5.52 Å². The van der Waals surface area contributed by atoms with E-state index in [2.05, 4.69) is 51.1 Å². The van der Waals surface area contributed by atoms with Gasteiger partial charge in [-0.25, -0.2) is 9.97 Å². The van der Waals surface area contributed by atoms with Crippen LogP contribution in [-0.4, -0.2) is 58.6 Å². The lowest BCUT2D eigenvalue weighted by atomic mass is 10.1. The van der Waals surface area contributed by atoms with Gasteiger partial charge in [-0.15, -0.1) is 0 Å². The number of rotatable bonds is 3. The SMILES string of the molecule is CSC1CN(c2ncnc3ccc(C)cc23)CC1N1CCCC1. The van der Waals surface area contributed by atoms with E-state index in [9.17, 15) is 0 Å². The molecule has 0 amide bonds. The van der Waals surface area contributed by atoms with Gasteiger partial charge in [0.2, 0.25) is 0 Å². The summed E-state index contributed by atoms with van der Waals surface area (Å²) in [5.41, 5.74) is 2.32. The number of aromatic nitrogens is 2. The Morgan fingerprint density at radius 1 is 1.13 bits per heavy atom. The third kappa shape index (κ3) is 2.81. The standard InChI is InChI=1S/C18H24N4S/c1-13-5-6-15-14(9-13)18(20-12-19-15)22-10-16(17(11-22)23-2)21-7-3-4-8-21/h5-6,9,12,16-17H,3-4,7-8,10-11H2,1-2H3. The third-order valence-electron chi connectivity index (χ3n) is 5.22. The molecule has 2 unspecified atom stereocenters. The van der Waals surface area contributed by atoms with Gasteiger partial charge in [-0.1, -0.05) is 11.6 Å². The lowest BCUT2D eigenvalue weighted by Crippen LogP contribution is -2.40. The highest BCUT2D eigenvalue weighted by Gasteiger charge is 2.38. The molecule has 1 aromatic heterocycles. The maximum absolute atomic E-state index is 4.65. The van der Waals surface area contributed by atoms with Crippen molar-refractivity contribution in [3.63, 3.8) is 0 Å². The number of hydrogen-bond donors (Lipinski definition) is 0. The zero-order valence-electron chi connectivity index (χ0n) is 13.9. The molecule has 1 aromatic carbocycles. The Bertz CT molecular complexity index is 698. The first kappa shape index (κ1) is 15.2. The molecule has 2 saturated heterocycles. The Balaban J connectivity index is 1.67. The number of benzene rings is 1. The molecule has 0 N–H and O–H groups in total. The summed E-state index contributed by atoms with van der Waals surface area (Å²) in [5.74, 6) is 1.11. The molecule has 122 valence electrons. The Morgan fingerprint density at radius 3 is 2.74 bits per heavy atom. The molecule has 3 heterocycles. The van der Waals surface area contributed by atoms with Crippen LogP contribution in [0.25, 0.3) is 10.9 Å². The molecular formula is C18H24N4S. The van der Waals surface area contributed by atoms with Gasteiger partial charge >= 0.3 is 0 Å². The molecule has 2 fully saturated rings. The molecule has 0 spiro atoms. The minimum Gasteiger partial charge on any atom is -0.353 e. The average molecular weight is 328 g/mol. The number of nitrogens with zero attached hydrogens (tertiary/aromatic N) is 4. The smallest absolute Gasteiger partial charge is 0.139 e. The predicted octanol–water partition coefficient (Wildman–Crippen LogP) is 2.95. The Hall–Kier alpha value is -1.33. The van der Waals surface area contributed by atoms with Gasteiger partial charge in [0.25, 0.3) is 0 Å². The highest BCUT2D eigenvalue weighted by atomic mass is 32.2. The van der Waals surface area contributed by atoms with Crippen LogP contribution in [0.4, 0.5) is 5.82 Å². The van der Waals surface area contributed by atoms with E-state index in [4.69, 9.17) is 0 Å². The fourth-order valence-corrected chi connectivity index (χ4v) is 4.90. The van der Waals surface area contributed by atoms with Crippen molar-refractivity contribution in [3.8, 4) is 0 Å². The molecule has 4 rings (SSSR count). The summed E-state index contributed by atoms with van der Waals surface area (Å²) in [4.78, 5) is 14.3. The molecule has 0 radical (unpaired) electrons. The summed E-state index contributed by atoms with van der Waals surface area (Å²) >= 11 is 2.01. The van der Waals surface area contributed by atoms with Crippen LogP contribution in [0.5, 0.6) is 0 Å². The van der Waals surface area contributed by atoms with E-state index in [1.54, 1.807) is 6.33 Å². The second kappa shape index (κ2) is 6.29. The van der Waals surface area contributed by atoms with Gasteiger partial charge in [0, 0.05) is 29.8 Å². The minimum absolute atomic E-state index is 0.655. The maximum atomic E-state index is 4.65. The fourth-order valence-electron chi connectivity index (χ4n) is 3.99. The second-order valence-electron chi connectivity index (χ2n) is 6.71. The van der Waals surface area contributed by atoms with Crippen LogP contribution in [-0.2, 0) is 0 Å². The monoisotopic (exact) mass is 328 g/mol. The van der Waals surface area contributed by atoms with Crippen LogP contribution in [0.3, 0.4) is 0 Å². The minimum atomic E-state index is 0.655. The number of hydrogen-bond acceptors (Lipinski definition) is 5. The quantitative estimate of drug-likeness (QED) is 0.865. The predicted molar refractivity (Wildman–Crippen MR) is 98.4 cm³/mol. The summed E-state index contributed by atoms with van der Waals surface area (Å²) in [6, 6.07) is 7.11. The molecule has 2 aliphatic heterocycles. The number of thioether (sulfide) groups is 1. The van der Waals surface area contributed by atoms with Crippen LogP contribution in [0.2, 0.25) is 0 Å². The van der Waals surface area contributed by atoms with Gasteiger partial charge in [0.15, 0.2) is 0 Å². The molecule has 2 atom stereocenters. The topological polar surface area (TPSA) is 32.3 Å². The molecule has 5 heteroatoms. The summed E-state index contributed by atoms with van der Waals surface area (Å²) in [6.07, 6.45) is 6.67. The van der Waals surface area contributed by atoms with Gasteiger partial charge in [-0.05, 0) is 51.2 Å². The van der Waals surface area contributed by atoms with E-state index in [1.807, 2.05) is 11.8 Å². The molecule has 23 heavy (non-hydrogen) atoms. The molecule has 2 aliphatic rings. The Labute approximate surface area is 142 Å². The van der Waals surface area contributed by atoms with Crippen molar-refractivity contribution in [2.24, 2.45) is 0 Å². The van der Waals surface area contributed by atoms with E-state index in [0.717, 1.165) is 24.4 Å². The number of anilines is 1. The zero-order chi connectivity index (χ0) is 15.8. The summed E-state index contributed by atoms with van der Waals surface area (Å²) in [6.45, 7) is 6.84. The van der Waals surface area contributed by atoms with Gasteiger partial charge < -0.3 is 4.90 Å². The van der Waals surface area contributed by atoms with Crippen LogP contribution in [0.1, 0.15) is 18.4 Å². The van der Waals surface area contributed by atoms with Crippen molar-refractivity contribution in [3.05, 3.63) is 30.1 Å². The number of aryl methyl sites for hydroxylation is 1. The van der Waals surface area contributed by atoms with Crippen molar-refractivity contribution < 1.29 is 0 Å². The molecule has 2 aromatic rings. The highest BCUT2D eigenvalue weighted by Crippen LogP contribution is 2.33. The van der Waals surface area contributed by atoms with Gasteiger partial charge in [-0.2, -0.15) is 11.8 Å². The largest absolute Gasteiger partial charge is 0.353 e. The molecule has 4 nitrogen and oxygen atoms in total. The normalized spacial score (nSPS) is 25.6. The summed E-state index contributed by atoms with van der Waals surface area (Å²) < 4.78 is 0. The summed E-state index contributed by atoms with van der Waals surface area (Å²) in [5, 5.41) is 1.86. The zero-order valence-corrected chi connectivity index (χ0v) is 14.7. The van der Waals surface area contributed by atoms with Gasteiger partial charge in [-0.3, -0.25) is 4.90 Å². The number of fused-ring (bicyclic) bond motifs is 1. The first-order chi connectivity index (χ1) is 11.3. The Morgan fingerprint density at radius 2 is 1.96 bits per heavy atom. The lowest BCUT2D eigenvalue weighted by molar-refractivity contribution is 0.264. The summed E-state index contributed by atoms with van der Waals surface area (Å²) in [7, 11) is 0. The van der Waals surface area contributed by atoms with E-state index >= 15 is 0 Å². The first-order valence-corrected chi connectivity index (χ1v) is 9.78. The highest BCUT2D eigenvalue weighted by molar-refractivity contribution is 7.99. The van der Waals surface area contributed by atoms with Crippen LogP contribution < -0.4 is 4.90 Å². The number of likely N-dealkylation sites (tertiary alicyclic amines) is 1. The lowest BCUT2D eigenvalue weighted by Gasteiger charge is -2.27. The van der Waals surface area contributed by atoms with E-state index in [1.165, 1.54) is 36.9 Å². The fraction of sp³-hybridized carbons (Fsp3) is 0.556. The van der Waals surface area contributed by atoms with Crippen molar-refractivity contribution in [1.82, 2.24) is 14.9 Å². The van der Waals surface area contributed by atoms with Crippen molar-refractivity contribution in [2.75, 3.05) is 37.3 Å². The Kier molecular flexibility index (Phi) is 4.16. The van der Waals surface area contributed by atoms with Crippen molar-refractivity contribution in [1.29, 1.82) is 0 Å². The second-order valence-corrected chi connectivity index (χ2v) is 7.78. The molecule has 0 aliphatic carbocycles. The van der Waals surface area contributed by atoms with E-state index in [-0.39, 0.29) is 0 Å². The maximum Gasteiger partial charge on any atom is 0.139 e. The average Bonchev–Trinajstić information content (AvgIpc) is 3.23. The molecule has 0 saturated carbocycles. The van der Waals surface area contributed by atoms with Gasteiger partial charge in [0.1, 0.15) is 12.1 Å². The van der Waals surface area contributed by atoms with Crippen LogP contribution >= 0.6 is 11.8 Å². The molecular weight excluding hydrogens is 304 g/mol. The van der Waals surface area contributed by atoms with Crippen molar-refractivity contribution >= 4 is 28.5 Å². The van der Waals surface area contributed by atoms with Crippen molar-refractivity contribution in [2.45, 2.75) is 31.1 Å². The van der Waals surface area contributed by atoms with E-state index in [0.29, 0.717) is 11.3 Å². The molecule has 0 bridgehead atoms. The third-order valence-corrected chi connectivity index (χ3v) is 6.29.